The van der Waals surface area contributed by atoms with Crippen molar-refractivity contribution in [3.05, 3.63) is 35.7 Å². The quantitative estimate of drug-likeness (QED) is 0.929. The molecule has 0 unspecified atom stereocenters. The molecule has 1 N–H and O–H groups in total. The van der Waals surface area contributed by atoms with Crippen LogP contribution in [0.2, 0.25) is 0 Å². The number of likely N-dealkylation sites (tertiary alicyclic amines) is 1. The third kappa shape index (κ3) is 2.59. The van der Waals surface area contributed by atoms with Gasteiger partial charge < -0.3 is 9.84 Å². The van der Waals surface area contributed by atoms with Gasteiger partial charge in [0.15, 0.2) is 5.82 Å². The van der Waals surface area contributed by atoms with Crippen LogP contribution in [-0.2, 0) is 6.54 Å². The second-order valence-corrected chi connectivity index (χ2v) is 6.25. The van der Waals surface area contributed by atoms with Gasteiger partial charge in [0, 0.05) is 18.7 Å². The maximum Gasteiger partial charge on any atom is 0.257 e. The van der Waals surface area contributed by atoms with Crippen molar-refractivity contribution in [2.45, 2.75) is 13.5 Å². The lowest BCUT2D eigenvalue weighted by molar-refractivity contribution is 0.291. The minimum absolute atomic E-state index is 0.617. The number of nitrogens with one attached hydrogen (secondary N) is 1. The van der Waals surface area contributed by atoms with Crippen molar-refractivity contribution in [2.24, 2.45) is 11.8 Å². The summed E-state index contributed by atoms with van der Waals surface area (Å²) in [5, 5.41) is 7.59. The minimum Gasteiger partial charge on any atom is -0.334 e. The highest BCUT2D eigenvalue weighted by Gasteiger charge is 2.36. The molecule has 0 radical (unpaired) electrons. The average Bonchev–Trinajstić information content (AvgIpc) is 3.16. The minimum atomic E-state index is 0.617. The van der Waals surface area contributed by atoms with E-state index in [9.17, 15) is 0 Å². The molecule has 5 nitrogen and oxygen atoms in total. The Balaban J connectivity index is 1.44. The van der Waals surface area contributed by atoms with Crippen molar-refractivity contribution in [3.8, 4) is 11.5 Å². The summed E-state index contributed by atoms with van der Waals surface area (Å²) in [6.07, 6.45) is 0. The summed E-state index contributed by atoms with van der Waals surface area (Å²) >= 11 is 0. The Morgan fingerprint density at radius 1 is 1.19 bits per heavy atom. The number of rotatable bonds is 3. The molecule has 1 aromatic heterocycles. The van der Waals surface area contributed by atoms with Crippen LogP contribution in [-0.4, -0.2) is 41.2 Å². The van der Waals surface area contributed by atoms with Crippen LogP contribution in [0.15, 0.2) is 28.8 Å². The molecule has 0 amide bonds. The number of hydrogen-bond donors (Lipinski definition) is 1. The standard InChI is InChI=1S/C16H20N4O/c1-11-2-4-12(5-3-11)16-18-15(19-21-16)10-20-8-13-6-17-7-14(13)9-20/h2-5,13-14,17H,6-10H2,1H3/t13-,14+. The SMILES string of the molecule is Cc1ccc(-c2nc(CN3C[C@H]4CNC[C@H]4C3)no2)cc1. The van der Waals surface area contributed by atoms with Gasteiger partial charge in [-0.1, -0.05) is 22.9 Å². The molecule has 110 valence electrons. The van der Waals surface area contributed by atoms with E-state index in [1.165, 1.54) is 5.56 Å². The zero-order chi connectivity index (χ0) is 14.2. The number of aryl methyl sites for hydroxylation is 1. The first-order valence-electron chi connectivity index (χ1n) is 7.60. The third-order valence-electron chi connectivity index (χ3n) is 4.60. The van der Waals surface area contributed by atoms with Gasteiger partial charge >= 0.3 is 0 Å². The highest BCUT2D eigenvalue weighted by molar-refractivity contribution is 5.53. The summed E-state index contributed by atoms with van der Waals surface area (Å²) in [6, 6.07) is 8.18. The van der Waals surface area contributed by atoms with E-state index in [0.29, 0.717) is 5.89 Å². The first-order valence-corrected chi connectivity index (χ1v) is 7.60. The van der Waals surface area contributed by atoms with Gasteiger partial charge in [-0.15, -0.1) is 0 Å². The van der Waals surface area contributed by atoms with Crippen LogP contribution in [0, 0.1) is 18.8 Å². The van der Waals surface area contributed by atoms with Crippen molar-refractivity contribution >= 4 is 0 Å². The smallest absolute Gasteiger partial charge is 0.257 e. The maximum atomic E-state index is 5.39. The number of hydrogen-bond acceptors (Lipinski definition) is 5. The fraction of sp³-hybridized carbons (Fsp3) is 0.500. The molecular weight excluding hydrogens is 264 g/mol. The summed E-state index contributed by atoms with van der Waals surface area (Å²) in [6.45, 7) is 7.46. The van der Waals surface area contributed by atoms with Gasteiger partial charge in [-0.2, -0.15) is 4.98 Å². The second kappa shape index (κ2) is 5.24. The molecule has 2 aromatic rings. The molecule has 0 bridgehead atoms. The molecule has 2 aliphatic heterocycles. The lowest BCUT2D eigenvalue weighted by Crippen LogP contribution is -2.25. The first-order chi connectivity index (χ1) is 10.3. The van der Waals surface area contributed by atoms with E-state index >= 15 is 0 Å². The molecule has 0 aliphatic carbocycles. The van der Waals surface area contributed by atoms with Crippen molar-refractivity contribution in [1.82, 2.24) is 20.4 Å². The van der Waals surface area contributed by atoms with E-state index in [1.807, 2.05) is 12.1 Å². The Morgan fingerprint density at radius 3 is 2.62 bits per heavy atom. The van der Waals surface area contributed by atoms with E-state index in [0.717, 1.165) is 55.9 Å². The molecule has 0 spiro atoms. The molecular formula is C16H20N4O. The van der Waals surface area contributed by atoms with Crippen LogP contribution < -0.4 is 5.32 Å². The lowest BCUT2D eigenvalue weighted by atomic mass is 10.0. The van der Waals surface area contributed by atoms with Gasteiger partial charge in [0.05, 0.1) is 6.54 Å². The second-order valence-electron chi connectivity index (χ2n) is 6.25. The van der Waals surface area contributed by atoms with Crippen molar-refractivity contribution in [3.63, 3.8) is 0 Å². The number of nitrogens with zero attached hydrogens (tertiary/aromatic N) is 3. The lowest BCUT2D eigenvalue weighted by Gasteiger charge is -2.13. The van der Waals surface area contributed by atoms with E-state index in [1.54, 1.807) is 0 Å². The number of aromatic nitrogens is 2. The van der Waals surface area contributed by atoms with Crippen LogP contribution in [0.25, 0.3) is 11.5 Å². The third-order valence-corrected chi connectivity index (χ3v) is 4.60. The maximum absolute atomic E-state index is 5.39. The van der Waals surface area contributed by atoms with Crippen molar-refractivity contribution < 1.29 is 4.52 Å². The van der Waals surface area contributed by atoms with Crippen molar-refractivity contribution in [1.29, 1.82) is 0 Å². The highest BCUT2D eigenvalue weighted by Crippen LogP contribution is 2.27. The fourth-order valence-corrected chi connectivity index (χ4v) is 3.41. The van der Waals surface area contributed by atoms with E-state index in [2.05, 4.69) is 39.4 Å². The Labute approximate surface area is 124 Å². The molecule has 4 rings (SSSR count). The molecule has 2 atom stereocenters. The summed E-state index contributed by atoms with van der Waals surface area (Å²) in [5.41, 5.74) is 2.22. The van der Waals surface area contributed by atoms with Crippen LogP contribution in [0.4, 0.5) is 0 Å². The highest BCUT2D eigenvalue weighted by atomic mass is 16.5. The summed E-state index contributed by atoms with van der Waals surface area (Å²) < 4.78 is 5.39. The van der Waals surface area contributed by atoms with Gasteiger partial charge in [0.2, 0.25) is 0 Å². The van der Waals surface area contributed by atoms with Crippen LogP contribution in [0.1, 0.15) is 11.4 Å². The van der Waals surface area contributed by atoms with Gasteiger partial charge in [-0.25, -0.2) is 0 Å². The van der Waals surface area contributed by atoms with Crippen molar-refractivity contribution in [2.75, 3.05) is 26.2 Å². The topological polar surface area (TPSA) is 54.2 Å². The Bertz CT molecular complexity index is 609. The Hall–Kier alpha value is -1.72. The molecule has 3 heterocycles. The van der Waals surface area contributed by atoms with Gasteiger partial charge in [-0.3, -0.25) is 4.90 Å². The van der Waals surface area contributed by atoms with Gasteiger partial charge in [0.25, 0.3) is 5.89 Å². The molecule has 21 heavy (non-hydrogen) atoms. The zero-order valence-corrected chi connectivity index (χ0v) is 12.2. The molecule has 0 saturated carbocycles. The monoisotopic (exact) mass is 284 g/mol. The molecule has 2 aliphatic rings. The first kappa shape index (κ1) is 13.0. The van der Waals surface area contributed by atoms with E-state index in [4.69, 9.17) is 4.52 Å². The molecule has 2 saturated heterocycles. The average molecular weight is 284 g/mol. The number of benzene rings is 1. The summed E-state index contributed by atoms with van der Waals surface area (Å²) in [4.78, 5) is 6.98. The predicted molar refractivity (Wildman–Crippen MR) is 79.6 cm³/mol. The van der Waals surface area contributed by atoms with Gasteiger partial charge in [-0.05, 0) is 44.0 Å². The summed E-state index contributed by atoms with van der Waals surface area (Å²) in [5.74, 6) is 3.01. The van der Waals surface area contributed by atoms with Crippen LogP contribution in [0.5, 0.6) is 0 Å². The Kier molecular flexibility index (Phi) is 3.24. The van der Waals surface area contributed by atoms with E-state index in [-0.39, 0.29) is 0 Å². The van der Waals surface area contributed by atoms with Crippen LogP contribution in [0.3, 0.4) is 0 Å². The van der Waals surface area contributed by atoms with Crippen LogP contribution >= 0.6 is 0 Å². The van der Waals surface area contributed by atoms with E-state index < -0.39 is 0 Å². The molecule has 1 aromatic carbocycles. The largest absolute Gasteiger partial charge is 0.334 e. The van der Waals surface area contributed by atoms with Gasteiger partial charge in [0.1, 0.15) is 0 Å². The number of fused-ring (bicyclic) bond motifs is 1. The zero-order valence-electron chi connectivity index (χ0n) is 12.2. The molecule has 5 heteroatoms. The normalized spacial score (nSPS) is 25.4. The predicted octanol–water partition coefficient (Wildman–Crippen LogP) is 1.70. The summed E-state index contributed by atoms with van der Waals surface area (Å²) in [7, 11) is 0. The Morgan fingerprint density at radius 2 is 1.90 bits per heavy atom. The fourth-order valence-electron chi connectivity index (χ4n) is 3.41. The molecule has 2 fully saturated rings.